The largest absolute Gasteiger partial charge is 0.424 e. The van der Waals surface area contributed by atoms with Crippen LogP contribution >= 0.6 is 22.6 Å². The van der Waals surface area contributed by atoms with Crippen molar-refractivity contribution in [3.63, 3.8) is 0 Å². The average molecular weight is 404 g/mol. The number of esters is 1. The molecule has 0 bridgehead atoms. The lowest BCUT2D eigenvalue weighted by atomic mass is 10.0. The van der Waals surface area contributed by atoms with Crippen LogP contribution < -0.4 is 4.74 Å². The Hall–Kier alpha value is -1.62. The topological polar surface area (TPSA) is 26.3 Å². The molecule has 1 atom stereocenters. The molecule has 112 valence electrons. The molecule has 0 aromatic heterocycles. The number of hydrogen-bond donors (Lipinski definition) is 0. The van der Waals surface area contributed by atoms with Crippen LogP contribution in [0.5, 0.6) is 5.75 Å². The lowest BCUT2D eigenvalue weighted by molar-refractivity contribution is -0.136. The molecule has 0 aliphatic carbocycles. The SMILES string of the molecule is CCC(C)(I)C(=O)Oc1c2ccccc2cc2ccccc12. The van der Waals surface area contributed by atoms with Gasteiger partial charge in [0.05, 0.1) is 0 Å². The zero-order valence-electron chi connectivity index (χ0n) is 12.6. The minimum Gasteiger partial charge on any atom is -0.424 e. The van der Waals surface area contributed by atoms with Gasteiger partial charge in [-0.05, 0) is 30.2 Å². The van der Waals surface area contributed by atoms with E-state index in [1.807, 2.05) is 62.4 Å². The Balaban J connectivity index is 2.22. The van der Waals surface area contributed by atoms with E-state index in [4.69, 9.17) is 4.74 Å². The highest BCUT2D eigenvalue weighted by Gasteiger charge is 2.30. The van der Waals surface area contributed by atoms with Crippen LogP contribution in [0, 0.1) is 0 Å². The van der Waals surface area contributed by atoms with Gasteiger partial charge in [-0.3, -0.25) is 4.79 Å². The first-order valence-electron chi connectivity index (χ1n) is 7.34. The number of halogens is 1. The average Bonchev–Trinajstić information content (AvgIpc) is 2.54. The maximum absolute atomic E-state index is 12.5. The third-order valence-electron chi connectivity index (χ3n) is 4.01. The Kier molecular flexibility index (Phi) is 4.08. The van der Waals surface area contributed by atoms with Crippen LogP contribution in [0.1, 0.15) is 20.3 Å². The third kappa shape index (κ3) is 2.70. The molecule has 0 aliphatic rings. The molecule has 0 saturated heterocycles. The fraction of sp³-hybridized carbons (Fsp3) is 0.211. The van der Waals surface area contributed by atoms with E-state index in [2.05, 4.69) is 28.7 Å². The maximum Gasteiger partial charge on any atom is 0.327 e. The van der Waals surface area contributed by atoms with Gasteiger partial charge in [0, 0.05) is 10.8 Å². The van der Waals surface area contributed by atoms with Gasteiger partial charge in [0.2, 0.25) is 0 Å². The van der Waals surface area contributed by atoms with E-state index in [0.717, 1.165) is 28.0 Å². The van der Waals surface area contributed by atoms with Crippen molar-refractivity contribution in [1.82, 2.24) is 0 Å². The van der Waals surface area contributed by atoms with Crippen LogP contribution in [0.4, 0.5) is 0 Å². The Morgan fingerprint density at radius 3 is 2.05 bits per heavy atom. The molecule has 0 aliphatic heterocycles. The first-order chi connectivity index (χ1) is 10.5. The second-order valence-corrected chi connectivity index (χ2v) is 7.97. The van der Waals surface area contributed by atoms with Gasteiger partial charge in [0.25, 0.3) is 0 Å². The van der Waals surface area contributed by atoms with Gasteiger partial charge in [-0.25, -0.2) is 0 Å². The molecule has 3 heteroatoms. The molecular formula is C19H17IO2. The van der Waals surface area contributed by atoms with Gasteiger partial charge in [-0.1, -0.05) is 78.0 Å². The Morgan fingerprint density at radius 1 is 1.05 bits per heavy atom. The number of ether oxygens (including phenoxy) is 1. The summed E-state index contributed by atoms with van der Waals surface area (Å²) in [6.45, 7) is 3.90. The summed E-state index contributed by atoms with van der Waals surface area (Å²) in [5, 5.41) is 4.10. The molecule has 0 saturated carbocycles. The molecule has 0 fully saturated rings. The Labute approximate surface area is 143 Å². The Bertz CT molecular complexity index is 798. The van der Waals surface area contributed by atoms with Crippen LogP contribution in [0.2, 0.25) is 0 Å². The van der Waals surface area contributed by atoms with Crippen molar-refractivity contribution >= 4 is 50.1 Å². The minimum atomic E-state index is -0.518. The minimum absolute atomic E-state index is 0.197. The number of rotatable bonds is 3. The third-order valence-corrected chi connectivity index (χ3v) is 5.21. The van der Waals surface area contributed by atoms with Crippen molar-refractivity contribution in [2.24, 2.45) is 0 Å². The van der Waals surface area contributed by atoms with E-state index in [9.17, 15) is 4.79 Å². The van der Waals surface area contributed by atoms with E-state index in [1.165, 1.54) is 0 Å². The van der Waals surface area contributed by atoms with Crippen LogP contribution in [0.3, 0.4) is 0 Å². The summed E-state index contributed by atoms with van der Waals surface area (Å²) >= 11 is 2.17. The van der Waals surface area contributed by atoms with Crippen molar-refractivity contribution in [1.29, 1.82) is 0 Å². The zero-order valence-corrected chi connectivity index (χ0v) is 14.8. The quantitative estimate of drug-likeness (QED) is 0.189. The first kappa shape index (κ1) is 15.3. The van der Waals surface area contributed by atoms with Gasteiger partial charge in [0.1, 0.15) is 9.17 Å². The van der Waals surface area contributed by atoms with Crippen LogP contribution in [-0.2, 0) is 4.79 Å². The van der Waals surface area contributed by atoms with Crippen molar-refractivity contribution in [3.8, 4) is 5.75 Å². The smallest absolute Gasteiger partial charge is 0.327 e. The fourth-order valence-corrected chi connectivity index (χ4v) is 2.54. The summed E-state index contributed by atoms with van der Waals surface area (Å²) in [5.74, 6) is 0.465. The van der Waals surface area contributed by atoms with Crippen LogP contribution in [0.15, 0.2) is 54.6 Å². The monoisotopic (exact) mass is 404 g/mol. The van der Waals surface area contributed by atoms with Gasteiger partial charge in [-0.15, -0.1) is 0 Å². The van der Waals surface area contributed by atoms with Gasteiger partial charge in [0.15, 0.2) is 0 Å². The maximum atomic E-state index is 12.5. The van der Waals surface area contributed by atoms with E-state index in [0.29, 0.717) is 5.75 Å². The van der Waals surface area contributed by atoms with Crippen LogP contribution in [-0.4, -0.2) is 9.39 Å². The zero-order chi connectivity index (χ0) is 15.7. The lowest BCUT2D eigenvalue weighted by Crippen LogP contribution is -2.31. The van der Waals surface area contributed by atoms with E-state index in [1.54, 1.807) is 0 Å². The van der Waals surface area contributed by atoms with E-state index in [-0.39, 0.29) is 5.97 Å². The number of carbonyl (C=O) groups excluding carboxylic acids is 1. The van der Waals surface area contributed by atoms with Gasteiger partial charge in [-0.2, -0.15) is 0 Å². The summed E-state index contributed by atoms with van der Waals surface area (Å²) < 4.78 is 5.33. The van der Waals surface area contributed by atoms with Crippen molar-refractivity contribution < 1.29 is 9.53 Å². The lowest BCUT2D eigenvalue weighted by Gasteiger charge is -2.20. The second-order valence-electron chi connectivity index (χ2n) is 5.59. The van der Waals surface area contributed by atoms with E-state index >= 15 is 0 Å². The number of benzene rings is 3. The highest BCUT2D eigenvalue weighted by atomic mass is 127. The molecule has 22 heavy (non-hydrogen) atoms. The summed E-state index contributed by atoms with van der Waals surface area (Å²) in [4.78, 5) is 12.5. The fourth-order valence-electron chi connectivity index (χ4n) is 2.43. The predicted molar refractivity (Wildman–Crippen MR) is 99.8 cm³/mol. The number of fused-ring (bicyclic) bond motifs is 2. The molecule has 0 amide bonds. The van der Waals surface area contributed by atoms with E-state index < -0.39 is 3.42 Å². The Morgan fingerprint density at radius 2 is 1.55 bits per heavy atom. The molecule has 3 aromatic carbocycles. The molecule has 3 aromatic rings. The predicted octanol–water partition coefficient (Wildman–Crippen LogP) is 5.50. The highest BCUT2D eigenvalue weighted by Crippen LogP contribution is 2.36. The first-order valence-corrected chi connectivity index (χ1v) is 8.42. The molecule has 3 rings (SSSR count). The van der Waals surface area contributed by atoms with Gasteiger partial charge >= 0.3 is 5.97 Å². The number of carbonyl (C=O) groups is 1. The van der Waals surface area contributed by atoms with Gasteiger partial charge < -0.3 is 4.74 Å². The molecular weight excluding hydrogens is 387 g/mol. The molecule has 2 nitrogen and oxygen atoms in total. The molecule has 0 heterocycles. The standard InChI is InChI=1S/C19H17IO2/c1-3-19(2,20)18(21)22-17-15-10-6-4-8-13(15)12-14-9-5-7-11-16(14)17/h4-12H,3H2,1-2H3. The molecule has 0 spiro atoms. The number of alkyl halides is 1. The van der Waals surface area contributed by atoms with Crippen molar-refractivity contribution in [2.75, 3.05) is 0 Å². The highest BCUT2D eigenvalue weighted by molar-refractivity contribution is 14.1. The van der Waals surface area contributed by atoms with Crippen molar-refractivity contribution in [3.05, 3.63) is 54.6 Å². The van der Waals surface area contributed by atoms with Crippen LogP contribution in [0.25, 0.3) is 21.5 Å². The number of hydrogen-bond acceptors (Lipinski definition) is 2. The second kappa shape index (κ2) is 5.88. The summed E-state index contributed by atoms with van der Waals surface area (Å²) in [5.41, 5.74) is 0. The summed E-state index contributed by atoms with van der Waals surface area (Å²) in [6.07, 6.45) is 0.731. The summed E-state index contributed by atoms with van der Waals surface area (Å²) in [7, 11) is 0. The van der Waals surface area contributed by atoms with Crippen molar-refractivity contribution in [2.45, 2.75) is 23.7 Å². The molecule has 1 unspecified atom stereocenters. The molecule has 0 radical (unpaired) electrons. The molecule has 0 N–H and O–H groups in total. The normalized spacial score (nSPS) is 14.0. The summed E-state index contributed by atoms with van der Waals surface area (Å²) in [6, 6.07) is 18.2.